The van der Waals surface area contributed by atoms with E-state index < -0.39 is 23.0 Å². The minimum Gasteiger partial charge on any atom is -0.505 e. The maximum absolute atomic E-state index is 13.7. The van der Waals surface area contributed by atoms with Crippen LogP contribution in [0.1, 0.15) is 24.8 Å². The van der Waals surface area contributed by atoms with Gasteiger partial charge in [0.15, 0.2) is 11.6 Å². The lowest BCUT2D eigenvalue weighted by molar-refractivity contribution is -0.147. The molecule has 0 saturated heterocycles. The van der Waals surface area contributed by atoms with E-state index >= 15 is 0 Å². The van der Waals surface area contributed by atoms with Gasteiger partial charge < -0.3 is 10.2 Å². The van der Waals surface area contributed by atoms with Crippen molar-refractivity contribution in [1.82, 2.24) is 0 Å². The van der Waals surface area contributed by atoms with Crippen LogP contribution in [0, 0.1) is 5.82 Å². The van der Waals surface area contributed by atoms with Gasteiger partial charge in [-0.1, -0.05) is 18.0 Å². The van der Waals surface area contributed by atoms with Gasteiger partial charge in [-0.3, -0.25) is 4.79 Å². The number of halogens is 2. The zero-order valence-corrected chi connectivity index (χ0v) is 9.09. The van der Waals surface area contributed by atoms with Crippen LogP contribution in [-0.2, 0) is 10.2 Å². The highest BCUT2D eigenvalue weighted by molar-refractivity contribution is 6.31. The summed E-state index contributed by atoms with van der Waals surface area (Å²) in [5.74, 6) is -2.58. The van der Waals surface area contributed by atoms with Crippen LogP contribution >= 0.6 is 11.6 Å². The molecular formula is C11H10ClFO3. The summed E-state index contributed by atoms with van der Waals surface area (Å²) in [4.78, 5) is 11.2. The molecule has 5 heteroatoms. The second kappa shape index (κ2) is 3.63. The predicted octanol–water partition coefficient (Wildman–Crippen LogP) is 2.69. The van der Waals surface area contributed by atoms with E-state index in [2.05, 4.69) is 0 Å². The zero-order chi connectivity index (χ0) is 11.9. The number of aliphatic carboxylic acids is 1. The number of phenols is 1. The molecule has 0 amide bonds. The number of hydrogen-bond donors (Lipinski definition) is 2. The van der Waals surface area contributed by atoms with Crippen LogP contribution in [0.3, 0.4) is 0 Å². The molecule has 2 rings (SSSR count). The normalized spacial score (nSPS) is 17.9. The molecule has 1 saturated carbocycles. The van der Waals surface area contributed by atoms with Crippen molar-refractivity contribution in [3.8, 4) is 5.75 Å². The third-order valence-corrected chi connectivity index (χ3v) is 3.48. The molecular weight excluding hydrogens is 235 g/mol. The smallest absolute Gasteiger partial charge is 0.314 e. The van der Waals surface area contributed by atoms with Crippen molar-refractivity contribution in [3.05, 3.63) is 28.5 Å². The van der Waals surface area contributed by atoms with Gasteiger partial charge in [-0.05, 0) is 25.0 Å². The first-order valence-corrected chi connectivity index (χ1v) is 5.28. The molecule has 0 radical (unpaired) electrons. The zero-order valence-electron chi connectivity index (χ0n) is 8.33. The van der Waals surface area contributed by atoms with E-state index in [1.807, 2.05) is 0 Å². The largest absolute Gasteiger partial charge is 0.505 e. The van der Waals surface area contributed by atoms with Gasteiger partial charge in [0.1, 0.15) is 0 Å². The standard InChI is InChI=1S/C11H10ClFO3/c12-6-2-3-7(14)9(13)8(6)11(10(15)16)4-1-5-11/h2-3,14H,1,4-5H2,(H,15,16). The molecule has 1 aliphatic carbocycles. The number of aromatic hydroxyl groups is 1. The van der Waals surface area contributed by atoms with Crippen molar-refractivity contribution in [1.29, 1.82) is 0 Å². The molecule has 0 unspecified atom stereocenters. The number of carboxylic acid groups (broad SMARTS) is 1. The molecule has 1 aromatic rings. The molecule has 0 aromatic heterocycles. The Balaban J connectivity index is 2.63. The van der Waals surface area contributed by atoms with Crippen LogP contribution < -0.4 is 0 Å². The van der Waals surface area contributed by atoms with Gasteiger partial charge in [0.05, 0.1) is 5.41 Å². The van der Waals surface area contributed by atoms with Crippen molar-refractivity contribution >= 4 is 17.6 Å². The van der Waals surface area contributed by atoms with Crippen molar-refractivity contribution in [2.75, 3.05) is 0 Å². The van der Waals surface area contributed by atoms with Crippen LogP contribution in [0.2, 0.25) is 5.02 Å². The van der Waals surface area contributed by atoms with Gasteiger partial charge in [-0.25, -0.2) is 4.39 Å². The maximum Gasteiger partial charge on any atom is 0.314 e. The van der Waals surface area contributed by atoms with E-state index in [-0.39, 0.29) is 10.6 Å². The first-order chi connectivity index (χ1) is 7.49. The number of phenolic OH excluding ortho intramolecular Hbond substituents is 1. The number of benzene rings is 1. The minimum atomic E-state index is -1.26. The van der Waals surface area contributed by atoms with Gasteiger partial charge in [-0.15, -0.1) is 0 Å². The molecule has 1 aromatic carbocycles. The third-order valence-electron chi connectivity index (χ3n) is 3.17. The van der Waals surface area contributed by atoms with Crippen LogP contribution in [0.25, 0.3) is 0 Å². The second-order valence-corrected chi connectivity index (χ2v) is 4.40. The summed E-state index contributed by atoms with van der Waals surface area (Å²) in [7, 11) is 0. The average Bonchev–Trinajstić information content (AvgIpc) is 2.15. The van der Waals surface area contributed by atoms with E-state index in [9.17, 15) is 19.4 Å². The van der Waals surface area contributed by atoms with Crippen LogP contribution in [0.15, 0.2) is 12.1 Å². The molecule has 1 fully saturated rings. The van der Waals surface area contributed by atoms with Gasteiger partial charge >= 0.3 is 5.97 Å². The highest BCUT2D eigenvalue weighted by Crippen LogP contribution is 2.48. The third kappa shape index (κ3) is 1.37. The van der Waals surface area contributed by atoms with Gasteiger partial charge in [0, 0.05) is 10.6 Å². The Morgan fingerprint density at radius 2 is 2.06 bits per heavy atom. The van der Waals surface area contributed by atoms with Gasteiger partial charge in [0.25, 0.3) is 0 Å². The number of hydrogen-bond acceptors (Lipinski definition) is 2. The first-order valence-electron chi connectivity index (χ1n) is 4.90. The highest BCUT2D eigenvalue weighted by Gasteiger charge is 2.49. The first kappa shape index (κ1) is 11.2. The van der Waals surface area contributed by atoms with Gasteiger partial charge in [-0.2, -0.15) is 0 Å². The van der Waals surface area contributed by atoms with Crippen molar-refractivity contribution in [2.45, 2.75) is 24.7 Å². The summed E-state index contributed by atoms with van der Waals surface area (Å²) in [5, 5.41) is 18.5. The lowest BCUT2D eigenvalue weighted by Gasteiger charge is -2.38. The Morgan fingerprint density at radius 3 is 2.50 bits per heavy atom. The molecule has 16 heavy (non-hydrogen) atoms. The molecule has 0 atom stereocenters. The molecule has 1 aliphatic rings. The summed E-state index contributed by atoms with van der Waals surface area (Å²) in [5.41, 5.74) is -1.35. The van der Waals surface area contributed by atoms with Crippen molar-refractivity contribution in [3.63, 3.8) is 0 Å². The Labute approximate surface area is 96.5 Å². The molecule has 0 aliphatic heterocycles. The van der Waals surface area contributed by atoms with Crippen LogP contribution in [-0.4, -0.2) is 16.2 Å². The SMILES string of the molecule is O=C(O)C1(c2c(Cl)ccc(O)c2F)CCC1. The molecule has 2 N–H and O–H groups in total. The van der Waals surface area contributed by atoms with Gasteiger partial charge in [0.2, 0.25) is 0 Å². The van der Waals surface area contributed by atoms with E-state index in [0.717, 1.165) is 12.5 Å². The summed E-state index contributed by atoms with van der Waals surface area (Å²) in [6.45, 7) is 0. The summed E-state index contributed by atoms with van der Waals surface area (Å²) in [6.07, 6.45) is 1.42. The maximum atomic E-state index is 13.7. The lowest BCUT2D eigenvalue weighted by Crippen LogP contribution is -2.43. The number of rotatable bonds is 2. The number of carbonyl (C=O) groups is 1. The predicted molar refractivity (Wildman–Crippen MR) is 56.2 cm³/mol. The Kier molecular flexibility index (Phi) is 2.54. The monoisotopic (exact) mass is 244 g/mol. The second-order valence-electron chi connectivity index (χ2n) is 4.00. The van der Waals surface area contributed by atoms with Crippen LogP contribution in [0.5, 0.6) is 5.75 Å². The van der Waals surface area contributed by atoms with E-state index in [4.69, 9.17) is 11.6 Å². The quantitative estimate of drug-likeness (QED) is 0.841. The van der Waals surface area contributed by atoms with Crippen molar-refractivity contribution < 1.29 is 19.4 Å². The van der Waals surface area contributed by atoms with E-state index in [1.54, 1.807) is 0 Å². The van der Waals surface area contributed by atoms with E-state index in [0.29, 0.717) is 12.8 Å². The molecule has 0 bridgehead atoms. The lowest BCUT2D eigenvalue weighted by atomic mass is 9.64. The number of carboxylic acids is 1. The average molecular weight is 245 g/mol. The molecule has 0 heterocycles. The van der Waals surface area contributed by atoms with Crippen LogP contribution in [0.4, 0.5) is 4.39 Å². The molecule has 0 spiro atoms. The Hall–Kier alpha value is -1.29. The highest BCUT2D eigenvalue weighted by atomic mass is 35.5. The minimum absolute atomic E-state index is 0.0531. The van der Waals surface area contributed by atoms with E-state index in [1.165, 1.54) is 6.07 Å². The Morgan fingerprint density at radius 1 is 1.44 bits per heavy atom. The van der Waals surface area contributed by atoms with Crippen molar-refractivity contribution in [2.24, 2.45) is 0 Å². The summed E-state index contributed by atoms with van der Waals surface area (Å²) >= 11 is 5.83. The molecule has 86 valence electrons. The topological polar surface area (TPSA) is 57.5 Å². The summed E-state index contributed by atoms with van der Waals surface area (Å²) in [6, 6.07) is 2.44. The summed E-state index contributed by atoms with van der Waals surface area (Å²) < 4.78 is 13.7. The fraction of sp³-hybridized carbons (Fsp3) is 0.364. The fourth-order valence-corrected chi connectivity index (χ4v) is 2.41. The fourth-order valence-electron chi connectivity index (χ4n) is 2.08. The molecule has 3 nitrogen and oxygen atoms in total. The Bertz CT molecular complexity index is 455.